The number of nitrogens with one attached hydrogen (secondary N) is 1. The van der Waals surface area contributed by atoms with E-state index in [1.165, 1.54) is 0 Å². The van der Waals surface area contributed by atoms with Crippen LogP contribution in [0.2, 0.25) is 0 Å². The molecule has 0 aliphatic carbocycles. The Morgan fingerprint density at radius 1 is 1.21 bits per heavy atom. The Labute approximate surface area is 142 Å². The number of fused-ring (bicyclic) bond motifs is 1. The van der Waals surface area contributed by atoms with Crippen molar-refractivity contribution >= 4 is 5.91 Å². The Morgan fingerprint density at radius 3 is 2.58 bits per heavy atom. The van der Waals surface area contributed by atoms with Gasteiger partial charge in [-0.2, -0.15) is 0 Å². The van der Waals surface area contributed by atoms with Crippen LogP contribution in [0.25, 0.3) is 0 Å². The van der Waals surface area contributed by atoms with Crippen LogP contribution in [0, 0.1) is 13.8 Å². The summed E-state index contributed by atoms with van der Waals surface area (Å²) in [4.78, 5) is 17.3. The first-order chi connectivity index (χ1) is 11.6. The first-order valence-electron chi connectivity index (χ1n) is 8.23. The van der Waals surface area contributed by atoms with Crippen LogP contribution in [-0.2, 0) is 0 Å². The maximum Gasteiger partial charge on any atom is 0.252 e. The first-order valence-corrected chi connectivity index (χ1v) is 8.23. The molecule has 2 heterocycles. The standard InChI is InChI=1S/C19H22N2O3/c1-4-15(16-7-5-6-13(3)20-16)21-19(22)14-11-18-17(10-12(14)2)23-8-9-24-18/h5-7,10-11,15H,4,8-9H2,1-3H3,(H,21,22)/t15-/m0/s1. The van der Waals surface area contributed by atoms with Crippen molar-refractivity contribution in [3.63, 3.8) is 0 Å². The molecular formula is C19H22N2O3. The average Bonchev–Trinajstić information content (AvgIpc) is 2.58. The molecular weight excluding hydrogens is 304 g/mol. The number of carbonyl (C=O) groups is 1. The van der Waals surface area contributed by atoms with Crippen LogP contribution in [0.1, 0.15) is 46.7 Å². The van der Waals surface area contributed by atoms with Crippen LogP contribution in [0.4, 0.5) is 0 Å². The third-order valence-electron chi connectivity index (χ3n) is 4.11. The summed E-state index contributed by atoms with van der Waals surface area (Å²) in [7, 11) is 0. The van der Waals surface area contributed by atoms with E-state index in [9.17, 15) is 4.79 Å². The minimum absolute atomic E-state index is 0.120. The van der Waals surface area contributed by atoms with Crippen molar-refractivity contribution in [2.45, 2.75) is 33.2 Å². The van der Waals surface area contributed by atoms with E-state index in [0.717, 1.165) is 23.4 Å². The molecule has 126 valence electrons. The molecule has 1 atom stereocenters. The maximum absolute atomic E-state index is 12.7. The van der Waals surface area contributed by atoms with Gasteiger partial charge >= 0.3 is 0 Å². The van der Waals surface area contributed by atoms with E-state index in [2.05, 4.69) is 10.3 Å². The number of aromatic nitrogens is 1. The molecule has 2 aromatic rings. The third kappa shape index (κ3) is 3.35. The molecule has 0 spiro atoms. The Bertz CT molecular complexity index is 758. The van der Waals surface area contributed by atoms with Crippen LogP contribution in [0.15, 0.2) is 30.3 Å². The van der Waals surface area contributed by atoms with Gasteiger partial charge in [-0.3, -0.25) is 9.78 Å². The van der Waals surface area contributed by atoms with Gasteiger partial charge in [-0.1, -0.05) is 13.0 Å². The molecule has 1 aliphatic rings. The van der Waals surface area contributed by atoms with E-state index < -0.39 is 0 Å². The van der Waals surface area contributed by atoms with Gasteiger partial charge in [0.15, 0.2) is 11.5 Å². The number of pyridine rings is 1. The lowest BCUT2D eigenvalue weighted by Gasteiger charge is -2.21. The largest absolute Gasteiger partial charge is 0.486 e. The average molecular weight is 326 g/mol. The van der Waals surface area contributed by atoms with Gasteiger partial charge in [-0.25, -0.2) is 0 Å². The predicted octanol–water partition coefficient (Wildman–Crippen LogP) is 3.35. The summed E-state index contributed by atoms with van der Waals surface area (Å²) in [5.74, 6) is 1.20. The number of ether oxygens (including phenoxy) is 2. The highest BCUT2D eigenvalue weighted by Gasteiger charge is 2.20. The van der Waals surface area contributed by atoms with Crippen molar-refractivity contribution in [3.05, 3.63) is 52.8 Å². The Balaban J connectivity index is 1.83. The summed E-state index contributed by atoms with van der Waals surface area (Å²) in [6.45, 7) is 6.92. The van der Waals surface area contributed by atoms with E-state index in [1.54, 1.807) is 6.07 Å². The number of nitrogens with zero attached hydrogens (tertiary/aromatic N) is 1. The van der Waals surface area contributed by atoms with Crippen LogP contribution in [-0.4, -0.2) is 24.1 Å². The van der Waals surface area contributed by atoms with E-state index >= 15 is 0 Å². The Kier molecular flexibility index (Phi) is 4.69. The zero-order chi connectivity index (χ0) is 17.1. The van der Waals surface area contributed by atoms with Gasteiger partial charge in [0.1, 0.15) is 13.2 Å². The van der Waals surface area contributed by atoms with Gasteiger partial charge in [0.05, 0.1) is 11.7 Å². The summed E-state index contributed by atoms with van der Waals surface area (Å²) in [6.07, 6.45) is 0.770. The molecule has 0 radical (unpaired) electrons. The van der Waals surface area contributed by atoms with Gasteiger partial charge in [-0.15, -0.1) is 0 Å². The zero-order valence-corrected chi connectivity index (χ0v) is 14.3. The number of rotatable bonds is 4. The van der Waals surface area contributed by atoms with Crippen molar-refractivity contribution in [1.29, 1.82) is 0 Å². The molecule has 1 aromatic heterocycles. The fraction of sp³-hybridized carbons (Fsp3) is 0.368. The fourth-order valence-corrected chi connectivity index (χ4v) is 2.81. The second kappa shape index (κ2) is 6.91. The molecule has 1 aliphatic heterocycles. The molecule has 0 saturated carbocycles. The molecule has 5 nitrogen and oxygen atoms in total. The van der Waals surface area contributed by atoms with E-state index in [-0.39, 0.29) is 11.9 Å². The molecule has 24 heavy (non-hydrogen) atoms. The summed E-state index contributed by atoms with van der Waals surface area (Å²) >= 11 is 0. The van der Waals surface area contributed by atoms with Crippen LogP contribution >= 0.6 is 0 Å². The SMILES string of the molecule is CC[C@H](NC(=O)c1cc2c(cc1C)OCCO2)c1cccc(C)n1. The van der Waals surface area contributed by atoms with Gasteiger partial charge in [-0.05, 0) is 50.1 Å². The molecule has 5 heteroatoms. The van der Waals surface area contributed by atoms with Crippen LogP contribution in [0.5, 0.6) is 11.5 Å². The van der Waals surface area contributed by atoms with E-state index in [1.807, 2.05) is 45.0 Å². The summed E-state index contributed by atoms with van der Waals surface area (Å²) in [6, 6.07) is 9.35. The molecule has 1 amide bonds. The van der Waals surface area contributed by atoms with Crippen molar-refractivity contribution in [1.82, 2.24) is 10.3 Å². The molecule has 0 bridgehead atoms. The molecule has 1 aromatic carbocycles. The normalized spacial score (nSPS) is 14.1. The molecule has 0 unspecified atom stereocenters. The van der Waals surface area contributed by atoms with Crippen molar-refractivity contribution in [2.75, 3.05) is 13.2 Å². The lowest BCUT2D eigenvalue weighted by molar-refractivity contribution is 0.0932. The Morgan fingerprint density at radius 2 is 1.92 bits per heavy atom. The van der Waals surface area contributed by atoms with Crippen molar-refractivity contribution < 1.29 is 14.3 Å². The van der Waals surface area contributed by atoms with Crippen LogP contribution < -0.4 is 14.8 Å². The summed E-state index contributed by atoms with van der Waals surface area (Å²) < 4.78 is 11.1. The smallest absolute Gasteiger partial charge is 0.252 e. The second-order valence-electron chi connectivity index (χ2n) is 5.95. The quantitative estimate of drug-likeness (QED) is 0.936. The third-order valence-corrected chi connectivity index (χ3v) is 4.11. The highest BCUT2D eigenvalue weighted by atomic mass is 16.6. The second-order valence-corrected chi connectivity index (χ2v) is 5.95. The number of benzene rings is 1. The number of aryl methyl sites for hydroxylation is 2. The Hall–Kier alpha value is -2.56. The lowest BCUT2D eigenvalue weighted by Crippen LogP contribution is -2.29. The zero-order valence-electron chi connectivity index (χ0n) is 14.3. The lowest BCUT2D eigenvalue weighted by atomic mass is 10.0. The molecule has 0 saturated heterocycles. The maximum atomic E-state index is 12.7. The van der Waals surface area contributed by atoms with Gasteiger partial charge in [0.25, 0.3) is 5.91 Å². The summed E-state index contributed by atoms with van der Waals surface area (Å²) in [5, 5.41) is 3.08. The molecule has 0 fully saturated rings. The minimum Gasteiger partial charge on any atom is -0.486 e. The number of amides is 1. The first kappa shape index (κ1) is 16.3. The monoisotopic (exact) mass is 326 g/mol. The van der Waals surface area contributed by atoms with Gasteiger partial charge in [0, 0.05) is 11.3 Å². The molecule has 1 N–H and O–H groups in total. The number of carbonyl (C=O) groups excluding carboxylic acids is 1. The van der Waals surface area contributed by atoms with Crippen LogP contribution in [0.3, 0.4) is 0 Å². The number of hydrogen-bond donors (Lipinski definition) is 1. The topological polar surface area (TPSA) is 60.5 Å². The van der Waals surface area contributed by atoms with E-state index in [4.69, 9.17) is 9.47 Å². The fourth-order valence-electron chi connectivity index (χ4n) is 2.81. The minimum atomic E-state index is -0.125. The molecule has 3 rings (SSSR count). The number of hydrogen-bond acceptors (Lipinski definition) is 4. The van der Waals surface area contributed by atoms with E-state index in [0.29, 0.717) is 30.3 Å². The van der Waals surface area contributed by atoms with Gasteiger partial charge in [0.2, 0.25) is 0 Å². The highest BCUT2D eigenvalue weighted by Crippen LogP contribution is 2.33. The summed E-state index contributed by atoms with van der Waals surface area (Å²) in [5.41, 5.74) is 3.28. The van der Waals surface area contributed by atoms with Crippen molar-refractivity contribution in [2.24, 2.45) is 0 Å². The van der Waals surface area contributed by atoms with Crippen molar-refractivity contribution in [3.8, 4) is 11.5 Å². The predicted molar refractivity (Wildman–Crippen MR) is 91.6 cm³/mol. The highest BCUT2D eigenvalue weighted by molar-refractivity contribution is 5.96. The van der Waals surface area contributed by atoms with Gasteiger partial charge < -0.3 is 14.8 Å².